The molecule has 0 aliphatic heterocycles. The lowest BCUT2D eigenvalue weighted by Gasteiger charge is -2.14. The highest BCUT2D eigenvalue weighted by Crippen LogP contribution is 2.20. The lowest BCUT2D eigenvalue weighted by molar-refractivity contribution is -0.117. The van der Waals surface area contributed by atoms with E-state index in [4.69, 9.17) is 0 Å². The Kier molecular flexibility index (Phi) is 7.54. The second kappa shape index (κ2) is 9.66. The predicted octanol–water partition coefficient (Wildman–Crippen LogP) is 4.09. The summed E-state index contributed by atoms with van der Waals surface area (Å²) in [5, 5.41) is 2.84. The molecule has 0 heterocycles. The van der Waals surface area contributed by atoms with Crippen molar-refractivity contribution in [2.45, 2.75) is 38.0 Å². The van der Waals surface area contributed by atoms with Gasteiger partial charge in [0, 0.05) is 12.2 Å². The van der Waals surface area contributed by atoms with Gasteiger partial charge in [0.2, 0.25) is 15.9 Å². The summed E-state index contributed by atoms with van der Waals surface area (Å²) in [6.07, 6.45) is 2.49. The summed E-state index contributed by atoms with van der Waals surface area (Å²) in [6, 6.07) is 14.2. The second-order valence-corrected chi connectivity index (χ2v) is 8.98. The van der Waals surface area contributed by atoms with Crippen LogP contribution >= 0.6 is 0 Å². The molecule has 0 aromatic heterocycles. The quantitative estimate of drug-likeness (QED) is 0.623. The van der Waals surface area contributed by atoms with Crippen LogP contribution in [-0.2, 0) is 21.2 Å². The van der Waals surface area contributed by atoms with Gasteiger partial charge in [-0.1, -0.05) is 44.2 Å². The van der Waals surface area contributed by atoms with Crippen LogP contribution in [0.4, 0.5) is 5.69 Å². The van der Waals surface area contributed by atoms with Crippen molar-refractivity contribution in [1.82, 2.24) is 4.72 Å². The van der Waals surface area contributed by atoms with Gasteiger partial charge in [0.1, 0.15) is 0 Å². The molecule has 2 aromatic carbocycles. The van der Waals surface area contributed by atoms with Crippen LogP contribution in [0.15, 0.2) is 66.1 Å². The highest BCUT2D eigenvalue weighted by molar-refractivity contribution is 7.89. The first-order chi connectivity index (χ1) is 13.2. The van der Waals surface area contributed by atoms with Crippen molar-refractivity contribution in [2.24, 2.45) is 5.92 Å². The standard InChI is InChI=1S/C22H28N2O3S/c1-5-14-23-28(26,27)21-12-10-20(11-13-21)24-22(25)17(4)19-8-6-18(7-9-19)15-16(2)3/h5-13,16-17,23H,1,14-15H2,2-4H3,(H,24,25). The van der Waals surface area contributed by atoms with Crippen LogP contribution in [0, 0.1) is 5.92 Å². The first-order valence-corrected chi connectivity index (χ1v) is 10.8. The van der Waals surface area contributed by atoms with E-state index in [0.717, 1.165) is 12.0 Å². The van der Waals surface area contributed by atoms with E-state index in [1.807, 2.05) is 19.1 Å². The molecule has 0 aliphatic carbocycles. The van der Waals surface area contributed by atoms with Gasteiger partial charge in [-0.2, -0.15) is 0 Å². The maximum absolute atomic E-state index is 12.5. The van der Waals surface area contributed by atoms with Crippen molar-refractivity contribution < 1.29 is 13.2 Å². The molecule has 28 heavy (non-hydrogen) atoms. The molecule has 2 N–H and O–H groups in total. The lowest BCUT2D eigenvalue weighted by atomic mass is 9.96. The van der Waals surface area contributed by atoms with Crippen LogP contribution in [0.5, 0.6) is 0 Å². The third kappa shape index (κ3) is 6.04. The average Bonchev–Trinajstić information content (AvgIpc) is 2.66. The minimum atomic E-state index is -3.57. The van der Waals surface area contributed by atoms with E-state index < -0.39 is 10.0 Å². The fourth-order valence-electron chi connectivity index (χ4n) is 2.79. The molecule has 150 valence electrons. The molecular weight excluding hydrogens is 372 g/mol. The number of sulfonamides is 1. The second-order valence-electron chi connectivity index (χ2n) is 7.22. The van der Waals surface area contributed by atoms with Crippen LogP contribution in [-0.4, -0.2) is 20.9 Å². The van der Waals surface area contributed by atoms with Gasteiger partial charge in [-0.15, -0.1) is 6.58 Å². The largest absolute Gasteiger partial charge is 0.326 e. The highest BCUT2D eigenvalue weighted by Gasteiger charge is 2.17. The van der Waals surface area contributed by atoms with Gasteiger partial charge in [0.15, 0.2) is 0 Å². The van der Waals surface area contributed by atoms with Gasteiger partial charge in [-0.25, -0.2) is 13.1 Å². The van der Waals surface area contributed by atoms with Gasteiger partial charge in [0.25, 0.3) is 0 Å². The van der Waals surface area contributed by atoms with Crippen LogP contribution < -0.4 is 10.0 Å². The normalized spacial score (nSPS) is 12.6. The molecule has 0 saturated heterocycles. The van der Waals surface area contributed by atoms with E-state index in [1.54, 1.807) is 12.1 Å². The Morgan fingerprint density at radius 3 is 2.18 bits per heavy atom. The van der Waals surface area contributed by atoms with Crippen molar-refractivity contribution in [1.29, 1.82) is 0 Å². The predicted molar refractivity (Wildman–Crippen MR) is 114 cm³/mol. The maximum Gasteiger partial charge on any atom is 0.240 e. The number of rotatable bonds is 9. The summed E-state index contributed by atoms with van der Waals surface area (Å²) in [5.74, 6) is 0.132. The number of carbonyl (C=O) groups excluding carboxylic acids is 1. The van der Waals surface area contributed by atoms with E-state index in [9.17, 15) is 13.2 Å². The molecule has 0 radical (unpaired) electrons. The fourth-order valence-corrected chi connectivity index (χ4v) is 3.78. The van der Waals surface area contributed by atoms with E-state index in [1.165, 1.54) is 23.8 Å². The molecular formula is C22H28N2O3S. The van der Waals surface area contributed by atoms with Crippen molar-refractivity contribution in [3.05, 3.63) is 72.3 Å². The van der Waals surface area contributed by atoms with Crippen LogP contribution in [0.25, 0.3) is 0 Å². The first-order valence-electron chi connectivity index (χ1n) is 9.33. The number of amides is 1. The topological polar surface area (TPSA) is 75.3 Å². The molecule has 5 nitrogen and oxygen atoms in total. The molecule has 1 unspecified atom stereocenters. The van der Waals surface area contributed by atoms with Gasteiger partial charge in [-0.05, 0) is 54.7 Å². The zero-order valence-electron chi connectivity index (χ0n) is 16.6. The summed E-state index contributed by atoms with van der Waals surface area (Å²) in [4.78, 5) is 12.7. The Morgan fingerprint density at radius 2 is 1.64 bits per heavy atom. The van der Waals surface area contributed by atoms with Crippen LogP contribution in [0.1, 0.15) is 37.8 Å². The van der Waals surface area contributed by atoms with Gasteiger partial charge in [-0.3, -0.25) is 4.79 Å². The van der Waals surface area contributed by atoms with Gasteiger partial charge >= 0.3 is 0 Å². The van der Waals surface area contributed by atoms with E-state index in [2.05, 4.69) is 42.6 Å². The minimum Gasteiger partial charge on any atom is -0.326 e. The lowest BCUT2D eigenvalue weighted by Crippen LogP contribution is -2.23. The van der Waals surface area contributed by atoms with Crippen molar-refractivity contribution in [3.63, 3.8) is 0 Å². The summed E-state index contributed by atoms with van der Waals surface area (Å²) >= 11 is 0. The van der Waals surface area contributed by atoms with Crippen molar-refractivity contribution in [2.75, 3.05) is 11.9 Å². The summed E-state index contributed by atoms with van der Waals surface area (Å²) in [7, 11) is -3.57. The number of anilines is 1. The van der Waals surface area contributed by atoms with E-state index in [0.29, 0.717) is 11.6 Å². The highest BCUT2D eigenvalue weighted by atomic mass is 32.2. The first kappa shape index (κ1) is 21.9. The number of hydrogen-bond acceptors (Lipinski definition) is 3. The van der Waals surface area contributed by atoms with E-state index >= 15 is 0 Å². The molecule has 0 saturated carbocycles. The third-order valence-electron chi connectivity index (χ3n) is 4.37. The summed E-state index contributed by atoms with van der Waals surface area (Å²) in [5.41, 5.74) is 2.75. The number of nitrogens with one attached hydrogen (secondary N) is 2. The zero-order chi connectivity index (χ0) is 20.7. The average molecular weight is 401 g/mol. The molecule has 0 spiro atoms. The molecule has 1 atom stereocenters. The molecule has 1 amide bonds. The monoisotopic (exact) mass is 400 g/mol. The Balaban J connectivity index is 2.02. The Labute approximate surface area is 167 Å². The van der Waals surface area contributed by atoms with Crippen LogP contribution in [0.3, 0.4) is 0 Å². The molecule has 0 fully saturated rings. The molecule has 2 rings (SSSR count). The fraction of sp³-hybridized carbons (Fsp3) is 0.318. The van der Waals surface area contributed by atoms with Gasteiger partial charge in [0.05, 0.1) is 10.8 Å². The Morgan fingerprint density at radius 1 is 1.04 bits per heavy atom. The summed E-state index contributed by atoms with van der Waals surface area (Å²) < 4.78 is 26.5. The number of hydrogen-bond donors (Lipinski definition) is 2. The van der Waals surface area contributed by atoms with Crippen molar-refractivity contribution in [3.8, 4) is 0 Å². The Bertz CT molecular complexity index is 902. The van der Waals surface area contributed by atoms with E-state index in [-0.39, 0.29) is 23.3 Å². The van der Waals surface area contributed by atoms with Crippen LogP contribution in [0.2, 0.25) is 0 Å². The van der Waals surface area contributed by atoms with Crippen molar-refractivity contribution >= 4 is 21.6 Å². The smallest absolute Gasteiger partial charge is 0.240 e. The summed E-state index contributed by atoms with van der Waals surface area (Å²) in [6.45, 7) is 9.85. The van der Waals surface area contributed by atoms with Gasteiger partial charge < -0.3 is 5.32 Å². The molecule has 2 aromatic rings. The number of benzene rings is 2. The third-order valence-corrected chi connectivity index (χ3v) is 5.81. The molecule has 6 heteroatoms. The minimum absolute atomic E-state index is 0.140. The SMILES string of the molecule is C=CCNS(=O)(=O)c1ccc(NC(=O)C(C)c2ccc(CC(C)C)cc2)cc1. The zero-order valence-corrected chi connectivity index (χ0v) is 17.4. The molecule has 0 aliphatic rings. The Hall–Kier alpha value is -2.44. The molecule has 0 bridgehead atoms. The number of carbonyl (C=O) groups is 1. The maximum atomic E-state index is 12.5.